The van der Waals surface area contributed by atoms with E-state index in [0.29, 0.717) is 28.2 Å². The fraction of sp³-hybridized carbons (Fsp3) is 0.350. The topological polar surface area (TPSA) is 85.3 Å². The number of hydrogen-bond acceptors (Lipinski definition) is 6. The number of carbonyl (C=O) groups is 1. The fourth-order valence-corrected chi connectivity index (χ4v) is 5.28. The van der Waals surface area contributed by atoms with Crippen molar-refractivity contribution in [3.05, 3.63) is 53.6 Å². The maximum Gasteiger partial charge on any atom is 0.320 e. The van der Waals surface area contributed by atoms with Crippen LogP contribution in [0.25, 0.3) is 0 Å². The number of rotatable bonds is 6. The third-order valence-corrected chi connectivity index (χ3v) is 7.13. The van der Waals surface area contributed by atoms with E-state index in [-0.39, 0.29) is 26.3 Å². The highest BCUT2D eigenvalue weighted by Gasteiger charge is 2.39. The van der Waals surface area contributed by atoms with Crippen LogP contribution in [0.5, 0.6) is 11.5 Å². The minimum Gasteiger partial charge on any atom is -0.465 e. The molecule has 1 aliphatic heterocycles. The first kappa shape index (κ1) is 21.8. The fourth-order valence-electron chi connectivity index (χ4n) is 2.93. The maximum absolute atomic E-state index is 13.7. The van der Waals surface area contributed by atoms with Crippen molar-refractivity contribution in [3.8, 4) is 11.5 Å². The number of carbonyl (C=O) groups excluding carboxylic acids is 1. The molecule has 1 saturated heterocycles. The molecule has 2 aromatic carbocycles. The van der Waals surface area contributed by atoms with Gasteiger partial charge in [0.25, 0.3) is 0 Å². The number of benzene rings is 2. The van der Waals surface area contributed by atoms with Crippen molar-refractivity contribution in [2.24, 2.45) is 0 Å². The minimum absolute atomic E-state index is 0.0547. The number of aliphatic hydroxyl groups is 1. The summed E-state index contributed by atoms with van der Waals surface area (Å²) in [4.78, 5) is 12.0. The number of aliphatic hydroxyl groups excluding tert-OH is 1. The summed E-state index contributed by atoms with van der Waals surface area (Å²) in [7, 11) is -3.54. The van der Waals surface area contributed by atoms with Crippen molar-refractivity contribution in [2.45, 2.75) is 19.4 Å². The van der Waals surface area contributed by atoms with Gasteiger partial charge in [-0.2, -0.15) is 0 Å². The predicted molar refractivity (Wildman–Crippen MR) is 110 cm³/mol. The first-order chi connectivity index (χ1) is 13.9. The number of esters is 1. The van der Waals surface area contributed by atoms with Crippen molar-refractivity contribution in [2.75, 3.05) is 26.3 Å². The first-order valence-electron chi connectivity index (χ1n) is 9.28. The molecule has 0 aromatic heterocycles. The summed E-state index contributed by atoms with van der Waals surface area (Å²) < 4.78 is 31.5. The summed E-state index contributed by atoms with van der Waals surface area (Å²) in [6, 6.07) is 13.6. The first-order valence-corrected chi connectivity index (χ1v) is 11.2. The molecule has 1 N–H and O–H groups in total. The second kappa shape index (κ2) is 9.74. The highest BCUT2D eigenvalue weighted by Crippen LogP contribution is 2.51. The van der Waals surface area contributed by atoms with Crippen LogP contribution in [0.15, 0.2) is 48.5 Å². The molecule has 0 radical (unpaired) electrons. The Hall–Kier alpha value is -1.89. The van der Waals surface area contributed by atoms with Crippen molar-refractivity contribution < 1.29 is 28.5 Å². The number of hydrogen-bond donors (Lipinski definition) is 1. The average molecular weight is 440 g/mol. The molecule has 156 valence electrons. The molecule has 1 fully saturated rings. The van der Waals surface area contributed by atoms with Gasteiger partial charge in [-0.1, -0.05) is 11.6 Å². The molecule has 0 amide bonds. The lowest BCUT2D eigenvalue weighted by molar-refractivity contribution is -0.143. The Morgan fingerprint density at radius 3 is 2.45 bits per heavy atom. The average Bonchev–Trinajstić information content (AvgIpc) is 2.83. The van der Waals surface area contributed by atoms with Gasteiger partial charge in [-0.15, -0.1) is 0 Å². The summed E-state index contributed by atoms with van der Waals surface area (Å²) in [6.07, 6.45) is -0.408. The van der Waals surface area contributed by atoms with Crippen molar-refractivity contribution in [1.82, 2.24) is 4.67 Å². The second-order valence-electron chi connectivity index (χ2n) is 6.50. The Balaban J connectivity index is 1.81. The number of β-amino-alcohol motifs (C(OH)–C–C–N with tert-alkyl or cyclic N) is 1. The van der Waals surface area contributed by atoms with Gasteiger partial charge in [0.2, 0.25) is 0 Å². The van der Waals surface area contributed by atoms with E-state index in [4.69, 9.17) is 25.6 Å². The molecule has 1 heterocycles. The van der Waals surface area contributed by atoms with Crippen LogP contribution in [-0.2, 0) is 18.6 Å². The van der Waals surface area contributed by atoms with Crippen LogP contribution >= 0.6 is 19.1 Å². The van der Waals surface area contributed by atoms with Gasteiger partial charge in [-0.3, -0.25) is 9.36 Å². The van der Waals surface area contributed by atoms with Gasteiger partial charge in [0.15, 0.2) is 0 Å². The smallest absolute Gasteiger partial charge is 0.320 e. The van der Waals surface area contributed by atoms with Gasteiger partial charge >= 0.3 is 13.5 Å². The van der Waals surface area contributed by atoms with Crippen LogP contribution in [0.1, 0.15) is 13.3 Å². The minimum atomic E-state index is -3.54. The zero-order valence-electron chi connectivity index (χ0n) is 16.0. The molecule has 7 nitrogen and oxygen atoms in total. The van der Waals surface area contributed by atoms with Crippen LogP contribution in [-0.4, -0.2) is 48.2 Å². The SMILES string of the molecule is CCOC(=O)CN1CC(O)CCOP1(=O)c1ccc(Oc2ccc(Cl)cc2)cc1. The van der Waals surface area contributed by atoms with Crippen molar-refractivity contribution in [3.63, 3.8) is 0 Å². The van der Waals surface area contributed by atoms with Gasteiger partial charge in [0.1, 0.15) is 18.0 Å². The van der Waals surface area contributed by atoms with E-state index in [0.717, 1.165) is 0 Å². The largest absolute Gasteiger partial charge is 0.465 e. The van der Waals surface area contributed by atoms with E-state index in [1.54, 1.807) is 55.5 Å². The van der Waals surface area contributed by atoms with Gasteiger partial charge in [0.05, 0.1) is 24.6 Å². The summed E-state index contributed by atoms with van der Waals surface area (Å²) in [5, 5.41) is 11.1. The molecule has 9 heteroatoms. The van der Waals surface area contributed by atoms with Gasteiger partial charge in [0, 0.05) is 11.6 Å². The van der Waals surface area contributed by atoms with Crippen LogP contribution in [0.4, 0.5) is 0 Å². The Morgan fingerprint density at radius 1 is 1.21 bits per heavy atom. The Morgan fingerprint density at radius 2 is 1.83 bits per heavy atom. The van der Waals surface area contributed by atoms with E-state index < -0.39 is 19.6 Å². The maximum atomic E-state index is 13.7. The molecule has 0 spiro atoms. The molecule has 1 aliphatic rings. The molecule has 29 heavy (non-hydrogen) atoms. The molecule has 0 aliphatic carbocycles. The van der Waals surface area contributed by atoms with E-state index in [1.807, 2.05) is 0 Å². The third kappa shape index (κ3) is 5.59. The second-order valence-corrected chi connectivity index (χ2v) is 9.32. The van der Waals surface area contributed by atoms with Crippen LogP contribution in [0.2, 0.25) is 5.02 Å². The molecule has 3 rings (SSSR count). The van der Waals surface area contributed by atoms with Crippen molar-refractivity contribution in [1.29, 1.82) is 0 Å². The highest BCUT2D eigenvalue weighted by atomic mass is 35.5. The standard InChI is InChI=1S/C20H23ClNO6P/c1-2-26-20(24)14-22-13-16(23)11-12-27-29(22,25)19-9-7-18(8-10-19)28-17-5-3-15(21)4-6-17/h3-10,16,23H,2,11-14H2,1H3. The summed E-state index contributed by atoms with van der Waals surface area (Å²) in [5.74, 6) is 0.647. The Labute approximate surface area is 174 Å². The summed E-state index contributed by atoms with van der Waals surface area (Å²) in [5.41, 5.74) is 0. The van der Waals surface area contributed by atoms with E-state index in [9.17, 15) is 14.5 Å². The molecule has 2 atom stereocenters. The monoisotopic (exact) mass is 439 g/mol. The molecule has 0 saturated carbocycles. The Bertz CT molecular complexity index is 874. The van der Waals surface area contributed by atoms with Crippen LogP contribution in [0, 0.1) is 0 Å². The molecular formula is C20H23ClNO6P. The van der Waals surface area contributed by atoms with E-state index >= 15 is 0 Å². The molecule has 2 aromatic rings. The van der Waals surface area contributed by atoms with Crippen molar-refractivity contribution >= 4 is 30.4 Å². The molecule has 0 bridgehead atoms. The van der Waals surface area contributed by atoms with Crippen LogP contribution < -0.4 is 10.0 Å². The number of nitrogens with zero attached hydrogens (tertiary/aromatic N) is 1. The van der Waals surface area contributed by atoms with Gasteiger partial charge in [-0.25, -0.2) is 4.67 Å². The van der Waals surface area contributed by atoms with Crippen LogP contribution in [0.3, 0.4) is 0 Å². The highest BCUT2D eigenvalue weighted by molar-refractivity contribution is 7.64. The number of halogens is 1. The van der Waals surface area contributed by atoms with Gasteiger partial charge in [-0.05, 0) is 61.9 Å². The summed E-state index contributed by atoms with van der Waals surface area (Å²) in [6.45, 7) is 1.87. The zero-order chi connectivity index (χ0) is 20.9. The lowest BCUT2D eigenvalue weighted by atomic mass is 10.2. The quantitative estimate of drug-likeness (QED) is 0.543. The molecular weight excluding hydrogens is 417 g/mol. The number of ether oxygens (including phenoxy) is 2. The summed E-state index contributed by atoms with van der Waals surface area (Å²) >= 11 is 5.87. The lowest BCUT2D eigenvalue weighted by Crippen LogP contribution is -2.36. The Kier molecular flexibility index (Phi) is 7.33. The van der Waals surface area contributed by atoms with E-state index in [2.05, 4.69) is 0 Å². The normalized spacial score (nSPS) is 22.7. The zero-order valence-corrected chi connectivity index (χ0v) is 17.6. The third-order valence-electron chi connectivity index (χ3n) is 4.34. The lowest BCUT2D eigenvalue weighted by Gasteiger charge is -2.29. The van der Waals surface area contributed by atoms with E-state index in [1.165, 1.54) is 4.67 Å². The van der Waals surface area contributed by atoms with Gasteiger partial charge < -0.3 is 19.1 Å². The molecule has 2 unspecified atom stereocenters. The predicted octanol–water partition coefficient (Wildman–Crippen LogP) is 3.60.